The van der Waals surface area contributed by atoms with E-state index in [-0.39, 0.29) is 17.5 Å². The van der Waals surface area contributed by atoms with Crippen LogP contribution in [0.15, 0.2) is 11.1 Å². The highest BCUT2D eigenvalue weighted by Gasteiger charge is 2.49. The van der Waals surface area contributed by atoms with E-state index in [2.05, 4.69) is 13.8 Å². The Morgan fingerprint density at radius 2 is 1.95 bits per heavy atom. The molecule has 0 radical (unpaired) electrons. The van der Waals surface area contributed by atoms with Crippen LogP contribution in [-0.2, 0) is 9.53 Å². The molecule has 3 rings (SSSR count). The first-order valence-electron chi connectivity index (χ1n) is 8.32. The zero-order valence-corrected chi connectivity index (χ0v) is 13.3. The molecule has 2 heteroatoms. The molecule has 0 aliphatic heterocycles. The molecule has 20 heavy (non-hydrogen) atoms. The number of hydrogen-bond donors (Lipinski definition) is 0. The van der Waals surface area contributed by atoms with Gasteiger partial charge in [0.05, 0.1) is 0 Å². The summed E-state index contributed by atoms with van der Waals surface area (Å²) in [6, 6.07) is 0. The van der Waals surface area contributed by atoms with Crippen molar-refractivity contribution in [2.45, 2.75) is 84.7 Å². The van der Waals surface area contributed by atoms with Crippen LogP contribution in [0.4, 0.5) is 0 Å². The maximum Gasteiger partial charge on any atom is 0.302 e. The summed E-state index contributed by atoms with van der Waals surface area (Å²) < 4.78 is 5.69. The third kappa shape index (κ3) is 2.31. The number of ether oxygens (including phenoxy) is 1. The van der Waals surface area contributed by atoms with Crippen molar-refractivity contribution in [2.75, 3.05) is 0 Å². The highest BCUT2D eigenvalue weighted by molar-refractivity contribution is 5.66. The molecule has 2 atom stereocenters. The number of carbonyl (C=O) groups excluding carboxylic acids is 1. The molecular formula is C18H28O2. The number of allylic oxidation sites excluding steroid dienone is 2. The van der Waals surface area contributed by atoms with Crippen molar-refractivity contribution in [3.8, 4) is 0 Å². The van der Waals surface area contributed by atoms with E-state index in [1.807, 2.05) is 0 Å². The molecule has 3 aliphatic rings. The molecular weight excluding hydrogens is 248 g/mol. The van der Waals surface area contributed by atoms with E-state index >= 15 is 0 Å². The van der Waals surface area contributed by atoms with Gasteiger partial charge in [-0.15, -0.1) is 0 Å². The second kappa shape index (κ2) is 4.89. The number of carbonyl (C=O) groups is 1. The Morgan fingerprint density at radius 1 is 1.15 bits per heavy atom. The lowest BCUT2D eigenvalue weighted by Crippen LogP contribution is -2.39. The summed E-state index contributed by atoms with van der Waals surface area (Å²) in [7, 11) is 0. The van der Waals surface area contributed by atoms with Gasteiger partial charge in [0.1, 0.15) is 6.10 Å². The first-order chi connectivity index (χ1) is 9.43. The fraction of sp³-hybridized carbons (Fsp3) is 0.833. The first-order valence-corrected chi connectivity index (χ1v) is 8.32. The smallest absolute Gasteiger partial charge is 0.302 e. The molecule has 112 valence electrons. The monoisotopic (exact) mass is 276 g/mol. The largest absolute Gasteiger partial charge is 0.462 e. The van der Waals surface area contributed by atoms with Gasteiger partial charge in [-0.05, 0) is 63.2 Å². The Labute approximate surface area is 123 Å². The number of esters is 1. The molecule has 0 saturated heterocycles. The lowest BCUT2D eigenvalue weighted by Gasteiger charge is -2.46. The quantitative estimate of drug-likeness (QED) is 0.509. The van der Waals surface area contributed by atoms with E-state index in [4.69, 9.17) is 4.74 Å². The van der Waals surface area contributed by atoms with Crippen LogP contribution >= 0.6 is 0 Å². The SMILES string of the molecule is CC(=O)OC1CCCC12CCC1=C(C2)C(C)(C)CCC1. The van der Waals surface area contributed by atoms with Gasteiger partial charge in [-0.1, -0.05) is 25.0 Å². The molecule has 2 unspecified atom stereocenters. The molecule has 1 fully saturated rings. The standard InChI is InChI=1S/C18H28O2/c1-13(19)20-16-7-5-10-18(16)11-8-14-6-4-9-17(2,3)15(14)12-18/h16H,4-12H2,1-3H3. The molecule has 1 saturated carbocycles. The topological polar surface area (TPSA) is 26.3 Å². The summed E-state index contributed by atoms with van der Waals surface area (Å²) in [4.78, 5) is 11.4. The molecule has 0 N–H and O–H groups in total. The van der Waals surface area contributed by atoms with Crippen LogP contribution in [0.25, 0.3) is 0 Å². The van der Waals surface area contributed by atoms with Crippen LogP contribution in [0.1, 0.15) is 78.6 Å². The Bertz CT molecular complexity index is 446. The van der Waals surface area contributed by atoms with Crippen LogP contribution in [0.3, 0.4) is 0 Å². The lowest BCUT2D eigenvalue weighted by atomic mass is 9.60. The van der Waals surface area contributed by atoms with Crippen LogP contribution in [0, 0.1) is 10.8 Å². The molecule has 0 heterocycles. The molecule has 0 aromatic heterocycles. The number of hydrogen-bond acceptors (Lipinski definition) is 2. The third-order valence-electron chi connectivity index (χ3n) is 6.11. The van der Waals surface area contributed by atoms with Crippen molar-refractivity contribution in [1.29, 1.82) is 0 Å². The van der Waals surface area contributed by atoms with Crippen LogP contribution in [-0.4, -0.2) is 12.1 Å². The van der Waals surface area contributed by atoms with Gasteiger partial charge in [-0.25, -0.2) is 0 Å². The molecule has 1 spiro atoms. The fourth-order valence-corrected chi connectivity index (χ4v) is 4.98. The van der Waals surface area contributed by atoms with Gasteiger partial charge in [0.15, 0.2) is 0 Å². The second-order valence-corrected chi connectivity index (χ2v) is 7.85. The van der Waals surface area contributed by atoms with Crippen molar-refractivity contribution in [3.63, 3.8) is 0 Å². The molecule has 0 aromatic carbocycles. The summed E-state index contributed by atoms with van der Waals surface area (Å²) in [5.41, 5.74) is 4.08. The molecule has 2 nitrogen and oxygen atoms in total. The highest BCUT2D eigenvalue weighted by atomic mass is 16.5. The summed E-state index contributed by atoms with van der Waals surface area (Å²) in [6.07, 6.45) is 11.4. The van der Waals surface area contributed by atoms with Gasteiger partial charge in [0, 0.05) is 12.3 Å². The normalized spacial score (nSPS) is 36.0. The number of rotatable bonds is 1. The predicted octanol–water partition coefficient (Wildman–Crippen LogP) is 4.78. The molecule has 0 bridgehead atoms. The van der Waals surface area contributed by atoms with Crippen molar-refractivity contribution in [2.24, 2.45) is 10.8 Å². The van der Waals surface area contributed by atoms with Gasteiger partial charge in [-0.2, -0.15) is 0 Å². The summed E-state index contributed by atoms with van der Waals surface area (Å²) in [5, 5.41) is 0. The van der Waals surface area contributed by atoms with Crippen molar-refractivity contribution in [3.05, 3.63) is 11.1 Å². The Hall–Kier alpha value is -0.790. The maximum atomic E-state index is 11.4. The van der Waals surface area contributed by atoms with E-state index in [0.29, 0.717) is 5.41 Å². The minimum atomic E-state index is -0.0982. The average molecular weight is 276 g/mol. The van der Waals surface area contributed by atoms with Crippen molar-refractivity contribution < 1.29 is 9.53 Å². The molecule has 0 aromatic rings. The zero-order chi connectivity index (χ0) is 14.4. The van der Waals surface area contributed by atoms with E-state index in [0.717, 1.165) is 6.42 Å². The first kappa shape index (κ1) is 14.2. The van der Waals surface area contributed by atoms with Gasteiger partial charge in [0.2, 0.25) is 0 Å². The van der Waals surface area contributed by atoms with Gasteiger partial charge < -0.3 is 4.74 Å². The van der Waals surface area contributed by atoms with Gasteiger partial charge in [0.25, 0.3) is 0 Å². The summed E-state index contributed by atoms with van der Waals surface area (Å²) in [6.45, 7) is 6.39. The Kier molecular flexibility index (Phi) is 3.46. The van der Waals surface area contributed by atoms with Crippen LogP contribution in [0.5, 0.6) is 0 Å². The van der Waals surface area contributed by atoms with Gasteiger partial charge >= 0.3 is 5.97 Å². The Morgan fingerprint density at radius 3 is 2.70 bits per heavy atom. The summed E-state index contributed by atoms with van der Waals surface area (Å²) in [5.74, 6) is -0.0982. The van der Waals surface area contributed by atoms with Gasteiger partial charge in [-0.3, -0.25) is 4.79 Å². The molecule has 3 aliphatic carbocycles. The highest BCUT2D eigenvalue weighted by Crippen LogP contribution is 2.57. The summed E-state index contributed by atoms with van der Waals surface area (Å²) >= 11 is 0. The lowest BCUT2D eigenvalue weighted by molar-refractivity contribution is -0.152. The van der Waals surface area contributed by atoms with E-state index < -0.39 is 0 Å². The van der Waals surface area contributed by atoms with Crippen LogP contribution in [0.2, 0.25) is 0 Å². The van der Waals surface area contributed by atoms with Crippen LogP contribution < -0.4 is 0 Å². The van der Waals surface area contributed by atoms with Crippen molar-refractivity contribution >= 4 is 5.97 Å². The minimum absolute atomic E-state index is 0.0982. The van der Waals surface area contributed by atoms with Crippen molar-refractivity contribution in [1.82, 2.24) is 0 Å². The zero-order valence-electron chi connectivity index (χ0n) is 13.3. The van der Waals surface area contributed by atoms with E-state index in [9.17, 15) is 4.79 Å². The maximum absolute atomic E-state index is 11.4. The second-order valence-electron chi connectivity index (χ2n) is 7.85. The molecule has 0 amide bonds. The average Bonchev–Trinajstić information content (AvgIpc) is 2.72. The minimum Gasteiger partial charge on any atom is -0.462 e. The van der Waals surface area contributed by atoms with E-state index in [1.165, 1.54) is 51.4 Å². The fourth-order valence-electron chi connectivity index (χ4n) is 4.98. The third-order valence-corrected chi connectivity index (χ3v) is 6.11. The Balaban J connectivity index is 1.87. The predicted molar refractivity (Wildman–Crippen MR) is 80.3 cm³/mol. The van der Waals surface area contributed by atoms with E-state index in [1.54, 1.807) is 18.1 Å².